The van der Waals surface area contributed by atoms with Gasteiger partial charge in [-0.3, -0.25) is 9.10 Å². The Labute approximate surface area is 169 Å². The van der Waals surface area contributed by atoms with Crippen molar-refractivity contribution in [1.29, 1.82) is 0 Å². The number of carbonyl (C=O) groups excluding carboxylic acids is 2. The van der Waals surface area contributed by atoms with Crippen LogP contribution in [0.5, 0.6) is 11.5 Å². The van der Waals surface area contributed by atoms with E-state index in [0.29, 0.717) is 13.0 Å². The van der Waals surface area contributed by atoms with Crippen LogP contribution >= 0.6 is 11.9 Å². The van der Waals surface area contributed by atoms with Crippen molar-refractivity contribution in [2.45, 2.75) is 32.2 Å². The van der Waals surface area contributed by atoms with E-state index in [2.05, 4.69) is 5.32 Å². The molecule has 148 valence electrons. The van der Waals surface area contributed by atoms with Gasteiger partial charge in [-0.05, 0) is 61.5 Å². The number of carbonyl (C=O) groups is 2. The molecule has 1 aliphatic heterocycles. The Hall–Kier alpha value is -2.67. The first-order valence-corrected chi connectivity index (χ1v) is 10.3. The van der Waals surface area contributed by atoms with Crippen molar-refractivity contribution in [3.63, 3.8) is 0 Å². The fourth-order valence-corrected chi connectivity index (χ4v) is 3.91. The number of hydrogen-bond donors (Lipinski definition) is 1. The molecule has 7 heteroatoms. The monoisotopic (exact) mass is 400 g/mol. The lowest BCUT2D eigenvalue weighted by Crippen LogP contribution is -2.30. The van der Waals surface area contributed by atoms with Crippen LogP contribution in [0.15, 0.2) is 54.6 Å². The van der Waals surface area contributed by atoms with Gasteiger partial charge >= 0.3 is 6.09 Å². The Morgan fingerprint density at radius 2 is 1.86 bits per heavy atom. The summed E-state index contributed by atoms with van der Waals surface area (Å²) in [6.45, 7) is 2.34. The SMILES string of the molecule is CCNC(=O)OCSN1C(=O)CC[C@@H]1Cc1ccc(Oc2ccccc2)cc1. The summed E-state index contributed by atoms with van der Waals surface area (Å²) in [4.78, 5) is 23.5. The minimum atomic E-state index is -0.466. The van der Waals surface area contributed by atoms with E-state index in [0.717, 1.165) is 29.9 Å². The summed E-state index contributed by atoms with van der Waals surface area (Å²) >= 11 is 1.25. The molecule has 0 saturated carbocycles. The molecule has 6 nitrogen and oxygen atoms in total. The standard InChI is InChI=1S/C21H24N2O4S/c1-2-22-21(25)26-15-28-23-17(10-13-20(23)24)14-16-8-11-19(12-9-16)27-18-6-4-3-5-7-18/h3-9,11-12,17H,2,10,13-15H2,1H3,(H,22,25)/t17-/m1/s1. The zero-order chi connectivity index (χ0) is 19.8. The Morgan fingerprint density at radius 1 is 1.14 bits per heavy atom. The minimum Gasteiger partial charge on any atom is -0.457 e. The summed E-state index contributed by atoms with van der Waals surface area (Å²) < 4.78 is 12.6. The highest BCUT2D eigenvalue weighted by Gasteiger charge is 2.31. The van der Waals surface area contributed by atoms with Crippen LogP contribution in [0, 0.1) is 0 Å². The van der Waals surface area contributed by atoms with Gasteiger partial charge in [0.1, 0.15) is 11.5 Å². The number of benzene rings is 2. The lowest BCUT2D eigenvalue weighted by atomic mass is 10.0. The lowest BCUT2D eigenvalue weighted by molar-refractivity contribution is -0.124. The molecule has 1 heterocycles. The molecule has 0 aliphatic carbocycles. The normalized spacial score (nSPS) is 16.1. The summed E-state index contributed by atoms with van der Waals surface area (Å²) in [5.74, 6) is 1.78. The average Bonchev–Trinajstić information content (AvgIpc) is 3.04. The third kappa shape index (κ3) is 5.66. The molecule has 1 saturated heterocycles. The molecule has 28 heavy (non-hydrogen) atoms. The van der Waals surface area contributed by atoms with Gasteiger partial charge < -0.3 is 14.8 Å². The molecule has 0 radical (unpaired) electrons. The molecule has 0 spiro atoms. The smallest absolute Gasteiger partial charge is 0.408 e. The first-order chi connectivity index (χ1) is 13.7. The second-order valence-corrected chi connectivity index (χ2v) is 7.27. The second-order valence-electron chi connectivity index (χ2n) is 6.38. The van der Waals surface area contributed by atoms with Crippen LogP contribution in [0.3, 0.4) is 0 Å². The largest absolute Gasteiger partial charge is 0.457 e. The van der Waals surface area contributed by atoms with Gasteiger partial charge in [-0.2, -0.15) is 0 Å². The summed E-state index contributed by atoms with van der Waals surface area (Å²) in [5.41, 5.74) is 1.13. The molecule has 1 aliphatic rings. The van der Waals surface area contributed by atoms with Crippen LogP contribution in [0.4, 0.5) is 4.79 Å². The zero-order valence-electron chi connectivity index (χ0n) is 15.8. The maximum absolute atomic E-state index is 12.2. The van der Waals surface area contributed by atoms with Crippen molar-refractivity contribution in [3.8, 4) is 11.5 Å². The molecule has 0 aromatic heterocycles. The molecule has 0 unspecified atom stereocenters. The van der Waals surface area contributed by atoms with Crippen molar-refractivity contribution in [3.05, 3.63) is 60.2 Å². The van der Waals surface area contributed by atoms with Gasteiger partial charge in [-0.1, -0.05) is 30.3 Å². The Balaban J connectivity index is 1.53. The third-order valence-electron chi connectivity index (χ3n) is 4.35. The highest BCUT2D eigenvalue weighted by atomic mass is 32.2. The van der Waals surface area contributed by atoms with Crippen molar-refractivity contribution in [2.24, 2.45) is 0 Å². The fraction of sp³-hybridized carbons (Fsp3) is 0.333. The van der Waals surface area contributed by atoms with E-state index < -0.39 is 6.09 Å². The van der Waals surface area contributed by atoms with Gasteiger partial charge in [-0.25, -0.2) is 4.79 Å². The molecular weight excluding hydrogens is 376 g/mol. The molecule has 1 fully saturated rings. The highest BCUT2D eigenvalue weighted by Crippen LogP contribution is 2.30. The topological polar surface area (TPSA) is 67.9 Å². The number of nitrogens with zero attached hydrogens (tertiary/aromatic N) is 1. The Morgan fingerprint density at radius 3 is 2.57 bits per heavy atom. The van der Waals surface area contributed by atoms with E-state index in [1.807, 2.05) is 61.5 Å². The highest BCUT2D eigenvalue weighted by molar-refractivity contribution is 7.97. The van der Waals surface area contributed by atoms with E-state index in [9.17, 15) is 9.59 Å². The van der Waals surface area contributed by atoms with Crippen LogP contribution in [-0.4, -0.2) is 34.8 Å². The molecular formula is C21H24N2O4S. The van der Waals surface area contributed by atoms with Crippen molar-refractivity contribution in [2.75, 3.05) is 12.5 Å². The van der Waals surface area contributed by atoms with Crippen LogP contribution in [0.25, 0.3) is 0 Å². The molecule has 1 N–H and O–H groups in total. The number of ether oxygens (including phenoxy) is 2. The van der Waals surface area contributed by atoms with Crippen LogP contribution in [-0.2, 0) is 16.0 Å². The molecule has 2 amide bonds. The third-order valence-corrected chi connectivity index (χ3v) is 5.35. The summed E-state index contributed by atoms with van der Waals surface area (Å²) in [6, 6.07) is 17.7. The first-order valence-electron chi connectivity index (χ1n) is 9.33. The van der Waals surface area contributed by atoms with E-state index in [-0.39, 0.29) is 17.9 Å². The number of alkyl carbamates (subject to hydrolysis) is 1. The molecule has 0 bridgehead atoms. The van der Waals surface area contributed by atoms with E-state index in [1.165, 1.54) is 11.9 Å². The second kappa shape index (κ2) is 10.0. The van der Waals surface area contributed by atoms with Gasteiger partial charge in [0, 0.05) is 19.0 Å². The number of rotatable bonds is 8. The van der Waals surface area contributed by atoms with Crippen molar-refractivity contribution >= 4 is 23.9 Å². The predicted molar refractivity (Wildman–Crippen MR) is 109 cm³/mol. The zero-order valence-corrected chi connectivity index (χ0v) is 16.6. The van der Waals surface area contributed by atoms with Gasteiger partial charge in [-0.15, -0.1) is 0 Å². The van der Waals surface area contributed by atoms with E-state index >= 15 is 0 Å². The predicted octanol–water partition coefficient (Wildman–Crippen LogP) is 4.36. The fourth-order valence-electron chi connectivity index (χ4n) is 3.01. The van der Waals surface area contributed by atoms with Gasteiger partial charge in [0.25, 0.3) is 0 Å². The number of hydrogen-bond acceptors (Lipinski definition) is 5. The number of para-hydroxylation sites is 1. The van der Waals surface area contributed by atoms with Gasteiger partial charge in [0.2, 0.25) is 5.91 Å². The molecule has 3 rings (SSSR count). The van der Waals surface area contributed by atoms with Crippen molar-refractivity contribution < 1.29 is 19.1 Å². The average molecular weight is 401 g/mol. The maximum atomic E-state index is 12.2. The van der Waals surface area contributed by atoms with Gasteiger partial charge in [0.05, 0.1) is 0 Å². The summed E-state index contributed by atoms with van der Waals surface area (Å²) in [5, 5.41) is 2.57. The van der Waals surface area contributed by atoms with Gasteiger partial charge in [0.15, 0.2) is 5.94 Å². The minimum absolute atomic E-state index is 0.0820. The first kappa shape index (κ1) is 20.1. The molecule has 2 aromatic rings. The Kier molecular flexibility index (Phi) is 7.19. The van der Waals surface area contributed by atoms with Crippen LogP contribution in [0.1, 0.15) is 25.3 Å². The molecule has 2 aromatic carbocycles. The maximum Gasteiger partial charge on any atom is 0.408 e. The number of amides is 2. The summed E-state index contributed by atoms with van der Waals surface area (Å²) in [6.07, 6.45) is 1.61. The Bertz CT molecular complexity index is 783. The van der Waals surface area contributed by atoms with Crippen molar-refractivity contribution in [1.82, 2.24) is 9.62 Å². The van der Waals surface area contributed by atoms with Crippen LogP contribution in [0.2, 0.25) is 0 Å². The van der Waals surface area contributed by atoms with Crippen LogP contribution < -0.4 is 10.1 Å². The lowest BCUT2D eigenvalue weighted by Gasteiger charge is -2.23. The summed E-state index contributed by atoms with van der Waals surface area (Å²) in [7, 11) is 0. The van der Waals surface area contributed by atoms with E-state index in [4.69, 9.17) is 9.47 Å². The number of nitrogens with one attached hydrogen (secondary N) is 1. The van der Waals surface area contributed by atoms with E-state index in [1.54, 1.807) is 4.31 Å². The quantitative estimate of drug-likeness (QED) is 0.527. The molecule has 1 atom stereocenters.